The number of carbonyl (C=O) groups excluding carboxylic acids is 1. The molecule has 1 amide bonds. The Kier molecular flexibility index (Phi) is 2.90. The minimum atomic E-state index is -0.143. The third-order valence-electron chi connectivity index (χ3n) is 4.88. The first kappa shape index (κ1) is 12.4. The molecule has 2 aliphatic heterocycles. The van der Waals surface area contributed by atoms with Crippen molar-refractivity contribution in [2.45, 2.75) is 57.8 Å². The summed E-state index contributed by atoms with van der Waals surface area (Å²) >= 11 is 0. The van der Waals surface area contributed by atoms with Crippen LogP contribution < -0.4 is 5.32 Å². The van der Waals surface area contributed by atoms with E-state index in [1.807, 2.05) is 0 Å². The maximum Gasteiger partial charge on any atom is 0.244 e. The molecule has 0 aromatic rings. The Bertz CT molecular complexity index is 351. The second kappa shape index (κ2) is 4.20. The molecule has 1 saturated carbocycles. The summed E-state index contributed by atoms with van der Waals surface area (Å²) in [6.45, 7) is 9.93. The van der Waals surface area contributed by atoms with Crippen LogP contribution in [0.3, 0.4) is 0 Å². The summed E-state index contributed by atoms with van der Waals surface area (Å²) in [5, 5.41) is 3.47. The lowest BCUT2D eigenvalue weighted by molar-refractivity contribution is -0.131. The summed E-state index contributed by atoms with van der Waals surface area (Å²) in [7, 11) is 0. The van der Waals surface area contributed by atoms with Gasteiger partial charge in [-0.05, 0) is 52.5 Å². The monoisotopic (exact) mass is 251 g/mol. The minimum Gasteiger partial charge on any atom is -0.325 e. The van der Waals surface area contributed by atoms with Gasteiger partial charge in [0.05, 0.1) is 11.7 Å². The maximum absolute atomic E-state index is 12.4. The minimum absolute atomic E-state index is 0.143. The van der Waals surface area contributed by atoms with Crippen molar-refractivity contribution in [3.8, 4) is 0 Å². The molecule has 18 heavy (non-hydrogen) atoms. The Hall–Kier alpha value is -0.610. The van der Waals surface area contributed by atoms with E-state index in [9.17, 15) is 4.79 Å². The van der Waals surface area contributed by atoms with Crippen molar-refractivity contribution in [1.29, 1.82) is 0 Å². The van der Waals surface area contributed by atoms with Gasteiger partial charge in [0.15, 0.2) is 0 Å². The lowest BCUT2D eigenvalue weighted by Crippen LogP contribution is -2.39. The highest BCUT2D eigenvalue weighted by molar-refractivity contribution is 5.91. The predicted molar refractivity (Wildman–Crippen MR) is 71.1 cm³/mol. The fourth-order valence-electron chi connectivity index (χ4n) is 3.47. The molecular formula is C14H25N3O. The van der Waals surface area contributed by atoms with Gasteiger partial charge in [-0.15, -0.1) is 0 Å². The number of nitrogens with one attached hydrogen (secondary N) is 1. The van der Waals surface area contributed by atoms with Crippen LogP contribution in [-0.2, 0) is 4.79 Å². The average Bonchev–Trinajstić information content (AvgIpc) is 2.86. The zero-order valence-corrected chi connectivity index (χ0v) is 11.8. The molecule has 0 aromatic carbocycles. The van der Waals surface area contributed by atoms with E-state index in [-0.39, 0.29) is 11.7 Å². The zero-order chi connectivity index (χ0) is 12.9. The first-order valence-corrected chi connectivity index (χ1v) is 7.35. The van der Waals surface area contributed by atoms with Crippen molar-refractivity contribution in [2.24, 2.45) is 5.92 Å². The highest BCUT2D eigenvalue weighted by Crippen LogP contribution is 2.42. The van der Waals surface area contributed by atoms with Crippen LogP contribution in [0.1, 0.15) is 40.0 Å². The molecular weight excluding hydrogens is 226 g/mol. The number of likely N-dealkylation sites (tertiary alicyclic amines) is 1. The number of nitrogens with zero attached hydrogens (tertiary/aromatic N) is 2. The van der Waals surface area contributed by atoms with E-state index >= 15 is 0 Å². The van der Waals surface area contributed by atoms with Crippen molar-refractivity contribution in [3.05, 3.63) is 0 Å². The summed E-state index contributed by atoms with van der Waals surface area (Å²) in [5.74, 6) is 1.02. The molecule has 3 rings (SSSR count). The molecule has 2 atom stereocenters. The smallest absolute Gasteiger partial charge is 0.244 e. The molecule has 0 radical (unpaired) electrons. The van der Waals surface area contributed by atoms with Crippen molar-refractivity contribution in [2.75, 3.05) is 19.6 Å². The molecule has 4 heteroatoms. The third-order valence-corrected chi connectivity index (χ3v) is 4.88. The van der Waals surface area contributed by atoms with Gasteiger partial charge in [-0.2, -0.15) is 0 Å². The summed E-state index contributed by atoms with van der Waals surface area (Å²) in [6.07, 6.45) is 3.54. The largest absolute Gasteiger partial charge is 0.325 e. The van der Waals surface area contributed by atoms with Crippen LogP contribution in [0.2, 0.25) is 0 Å². The van der Waals surface area contributed by atoms with Gasteiger partial charge in [0.1, 0.15) is 0 Å². The van der Waals surface area contributed by atoms with Crippen LogP contribution in [0.25, 0.3) is 0 Å². The van der Waals surface area contributed by atoms with E-state index in [1.54, 1.807) is 0 Å². The first-order valence-electron chi connectivity index (χ1n) is 7.35. The SMILES string of the molecule is CC(C)N1CCC(CN2C(=O)C3(CC3)NC2C)C1. The second-order valence-corrected chi connectivity index (χ2v) is 6.60. The lowest BCUT2D eigenvalue weighted by atomic mass is 10.1. The van der Waals surface area contributed by atoms with E-state index in [2.05, 4.69) is 35.9 Å². The van der Waals surface area contributed by atoms with E-state index in [0.29, 0.717) is 17.9 Å². The standard InChI is InChI=1S/C14H25N3O/c1-10(2)16-7-4-12(8-16)9-17-11(3)15-14(5-6-14)13(17)18/h10-12,15H,4-9H2,1-3H3. The zero-order valence-electron chi connectivity index (χ0n) is 11.8. The van der Waals surface area contributed by atoms with Crippen LogP contribution >= 0.6 is 0 Å². The number of carbonyl (C=O) groups is 1. The topological polar surface area (TPSA) is 35.6 Å². The van der Waals surface area contributed by atoms with Gasteiger partial charge in [-0.1, -0.05) is 0 Å². The lowest BCUT2D eigenvalue weighted by Gasteiger charge is -2.25. The van der Waals surface area contributed by atoms with Crippen molar-refractivity contribution >= 4 is 5.91 Å². The van der Waals surface area contributed by atoms with Gasteiger partial charge in [0.25, 0.3) is 0 Å². The van der Waals surface area contributed by atoms with E-state index in [0.717, 1.165) is 25.9 Å². The number of hydrogen-bond donors (Lipinski definition) is 1. The molecule has 2 heterocycles. The van der Waals surface area contributed by atoms with Crippen LogP contribution in [0, 0.1) is 5.92 Å². The molecule has 1 aliphatic carbocycles. The normalized spacial score (nSPS) is 35.1. The molecule has 1 N–H and O–H groups in total. The van der Waals surface area contributed by atoms with Crippen LogP contribution in [-0.4, -0.2) is 53.1 Å². The summed E-state index contributed by atoms with van der Waals surface area (Å²) < 4.78 is 0. The first-order chi connectivity index (χ1) is 8.52. The van der Waals surface area contributed by atoms with Gasteiger partial charge in [0, 0.05) is 19.1 Å². The highest BCUT2D eigenvalue weighted by Gasteiger charge is 2.58. The van der Waals surface area contributed by atoms with Crippen molar-refractivity contribution in [1.82, 2.24) is 15.1 Å². The molecule has 0 aromatic heterocycles. The molecule has 3 aliphatic rings. The average molecular weight is 251 g/mol. The predicted octanol–water partition coefficient (Wildman–Crippen LogP) is 1.03. The van der Waals surface area contributed by atoms with Crippen molar-refractivity contribution in [3.63, 3.8) is 0 Å². The Morgan fingerprint density at radius 3 is 2.67 bits per heavy atom. The Morgan fingerprint density at radius 1 is 1.44 bits per heavy atom. The van der Waals surface area contributed by atoms with Crippen LogP contribution in [0.4, 0.5) is 0 Å². The van der Waals surface area contributed by atoms with Crippen molar-refractivity contribution < 1.29 is 4.79 Å². The van der Waals surface area contributed by atoms with E-state index in [1.165, 1.54) is 13.0 Å². The van der Waals surface area contributed by atoms with Crippen LogP contribution in [0.15, 0.2) is 0 Å². The van der Waals surface area contributed by atoms with Gasteiger partial charge < -0.3 is 9.80 Å². The molecule has 2 saturated heterocycles. The fourth-order valence-corrected chi connectivity index (χ4v) is 3.47. The number of rotatable bonds is 3. The highest BCUT2D eigenvalue weighted by atomic mass is 16.2. The van der Waals surface area contributed by atoms with E-state index in [4.69, 9.17) is 0 Å². The summed E-state index contributed by atoms with van der Waals surface area (Å²) in [6, 6.07) is 0.634. The molecule has 0 bridgehead atoms. The fraction of sp³-hybridized carbons (Fsp3) is 0.929. The molecule has 2 unspecified atom stereocenters. The Morgan fingerprint density at radius 2 is 2.17 bits per heavy atom. The molecule has 3 fully saturated rings. The quantitative estimate of drug-likeness (QED) is 0.813. The van der Waals surface area contributed by atoms with Crippen LogP contribution in [0.5, 0.6) is 0 Å². The summed E-state index contributed by atoms with van der Waals surface area (Å²) in [4.78, 5) is 17.0. The van der Waals surface area contributed by atoms with Gasteiger partial charge >= 0.3 is 0 Å². The third kappa shape index (κ3) is 1.95. The van der Waals surface area contributed by atoms with E-state index < -0.39 is 0 Å². The molecule has 4 nitrogen and oxygen atoms in total. The summed E-state index contributed by atoms with van der Waals surface area (Å²) in [5.41, 5.74) is -0.143. The number of amides is 1. The Labute approximate surface area is 110 Å². The maximum atomic E-state index is 12.4. The van der Waals surface area contributed by atoms with Gasteiger partial charge in [-0.25, -0.2) is 0 Å². The second-order valence-electron chi connectivity index (χ2n) is 6.60. The van der Waals surface area contributed by atoms with Gasteiger partial charge in [-0.3, -0.25) is 10.1 Å². The molecule has 1 spiro atoms. The molecule has 102 valence electrons. The van der Waals surface area contributed by atoms with Gasteiger partial charge in [0.2, 0.25) is 5.91 Å². The number of hydrogen-bond acceptors (Lipinski definition) is 3. The Balaban J connectivity index is 1.59.